The predicted octanol–water partition coefficient (Wildman–Crippen LogP) is 4.14. The molecular formula is C22H26F2N2O2S. The first-order valence-corrected chi connectivity index (χ1v) is 10.7. The highest BCUT2D eigenvalue weighted by Crippen LogP contribution is 2.16. The van der Waals surface area contributed by atoms with Crippen LogP contribution in [-0.4, -0.2) is 35.1 Å². The minimum absolute atomic E-state index is 0.180. The molecule has 0 aliphatic heterocycles. The van der Waals surface area contributed by atoms with Gasteiger partial charge in [0.25, 0.3) is 0 Å². The number of nitrogens with zero attached hydrogens (tertiary/aromatic N) is 1. The molecule has 2 aromatic carbocycles. The molecular weight excluding hydrogens is 394 g/mol. The normalized spacial score (nSPS) is 11.7. The molecule has 7 heteroatoms. The summed E-state index contributed by atoms with van der Waals surface area (Å²) < 4.78 is 26.2. The van der Waals surface area contributed by atoms with Crippen molar-refractivity contribution in [3.05, 3.63) is 71.3 Å². The van der Waals surface area contributed by atoms with Crippen LogP contribution in [0.4, 0.5) is 8.78 Å². The molecule has 0 radical (unpaired) electrons. The van der Waals surface area contributed by atoms with E-state index >= 15 is 0 Å². The third kappa shape index (κ3) is 7.49. The zero-order valence-electron chi connectivity index (χ0n) is 16.7. The van der Waals surface area contributed by atoms with Crippen molar-refractivity contribution in [1.82, 2.24) is 10.2 Å². The number of carbonyl (C=O) groups is 2. The molecule has 0 spiro atoms. The van der Waals surface area contributed by atoms with E-state index in [1.54, 1.807) is 31.2 Å². The summed E-state index contributed by atoms with van der Waals surface area (Å²) in [7, 11) is 0. The van der Waals surface area contributed by atoms with Gasteiger partial charge in [-0.05, 0) is 48.7 Å². The highest BCUT2D eigenvalue weighted by molar-refractivity contribution is 7.99. The van der Waals surface area contributed by atoms with Crippen molar-refractivity contribution in [3.8, 4) is 0 Å². The van der Waals surface area contributed by atoms with Gasteiger partial charge in [0.15, 0.2) is 0 Å². The van der Waals surface area contributed by atoms with Crippen LogP contribution in [0.5, 0.6) is 0 Å². The molecule has 4 nitrogen and oxygen atoms in total. The number of hydrogen-bond acceptors (Lipinski definition) is 3. The Labute approximate surface area is 174 Å². The topological polar surface area (TPSA) is 49.4 Å². The van der Waals surface area contributed by atoms with Gasteiger partial charge in [0.2, 0.25) is 11.8 Å². The third-order valence-corrected chi connectivity index (χ3v) is 5.38. The molecule has 2 rings (SSSR count). The fourth-order valence-corrected chi connectivity index (χ4v) is 3.56. The molecule has 0 heterocycles. The number of rotatable bonds is 10. The maximum absolute atomic E-state index is 13.2. The van der Waals surface area contributed by atoms with Gasteiger partial charge in [0.05, 0.1) is 5.75 Å². The van der Waals surface area contributed by atoms with Gasteiger partial charge < -0.3 is 10.2 Å². The summed E-state index contributed by atoms with van der Waals surface area (Å²) in [6.07, 6.45) is 0.803. The molecule has 156 valence electrons. The number of carbonyl (C=O) groups excluding carboxylic acids is 2. The second-order valence-electron chi connectivity index (χ2n) is 6.73. The Morgan fingerprint density at radius 2 is 1.55 bits per heavy atom. The first-order chi connectivity index (χ1) is 13.9. The summed E-state index contributed by atoms with van der Waals surface area (Å²) in [6, 6.07) is 11.4. The van der Waals surface area contributed by atoms with Crippen molar-refractivity contribution in [2.24, 2.45) is 0 Å². The fraction of sp³-hybridized carbons (Fsp3) is 0.364. The molecule has 1 N–H and O–H groups in total. The Bertz CT molecular complexity index is 797. The van der Waals surface area contributed by atoms with Gasteiger partial charge in [-0.3, -0.25) is 9.59 Å². The van der Waals surface area contributed by atoms with Gasteiger partial charge in [0.1, 0.15) is 17.7 Å². The van der Waals surface area contributed by atoms with E-state index in [9.17, 15) is 18.4 Å². The van der Waals surface area contributed by atoms with Gasteiger partial charge in [-0.25, -0.2) is 8.78 Å². The second-order valence-corrected chi connectivity index (χ2v) is 7.72. The van der Waals surface area contributed by atoms with Crippen molar-refractivity contribution in [3.63, 3.8) is 0 Å². The first-order valence-electron chi connectivity index (χ1n) is 9.54. The van der Waals surface area contributed by atoms with Gasteiger partial charge >= 0.3 is 0 Å². The van der Waals surface area contributed by atoms with Gasteiger partial charge in [-0.1, -0.05) is 31.2 Å². The minimum Gasteiger partial charge on any atom is -0.354 e. The highest BCUT2D eigenvalue weighted by Gasteiger charge is 2.25. The van der Waals surface area contributed by atoms with Crippen molar-refractivity contribution in [1.29, 1.82) is 0 Å². The zero-order chi connectivity index (χ0) is 21.2. The minimum atomic E-state index is -0.648. The van der Waals surface area contributed by atoms with E-state index in [-0.39, 0.29) is 35.7 Å². The van der Waals surface area contributed by atoms with E-state index in [1.165, 1.54) is 40.9 Å². The highest BCUT2D eigenvalue weighted by atomic mass is 32.2. The van der Waals surface area contributed by atoms with Crippen LogP contribution < -0.4 is 5.32 Å². The summed E-state index contributed by atoms with van der Waals surface area (Å²) >= 11 is 1.40. The maximum atomic E-state index is 13.2. The van der Waals surface area contributed by atoms with Crippen LogP contribution >= 0.6 is 11.8 Å². The Morgan fingerprint density at radius 1 is 1.00 bits per heavy atom. The summed E-state index contributed by atoms with van der Waals surface area (Å²) in [5, 5.41) is 2.81. The number of amides is 2. The van der Waals surface area contributed by atoms with Gasteiger partial charge in [0, 0.05) is 18.8 Å². The Kier molecular flexibility index (Phi) is 9.12. The summed E-state index contributed by atoms with van der Waals surface area (Å²) in [5.74, 6) is -0.301. The SMILES string of the molecule is CCCNC(=O)[C@@H](C)N(Cc1ccc(F)cc1)C(=O)CSCc1ccc(F)cc1. The van der Waals surface area contributed by atoms with Crippen LogP contribution in [0.2, 0.25) is 0 Å². The van der Waals surface area contributed by atoms with Crippen molar-refractivity contribution in [2.45, 2.75) is 38.6 Å². The molecule has 0 saturated heterocycles. The van der Waals surface area contributed by atoms with E-state index in [1.807, 2.05) is 6.92 Å². The summed E-state index contributed by atoms with van der Waals surface area (Å²) in [5.41, 5.74) is 1.67. The van der Waals surface area contributed by atoms with Crippen LogP contribution in [0.1, 0.15) is 31.4 Å². The fourth-order valence-electron chi connectivity index (χ4n) is 2.68. The largest absolute Gasteiger partial charge is 0.354 e. The zero-order valence-corrected chi connectivity index (χ0v) is 17.5. The molecule has 0 aliphatic rings. The average molecular weight is 421 g/mol. The second kappa shape index (κ2) is 11.6. The summed E-state index contributed by atoms with van der Waals surface area (Å²) in [6.45, 7) is 4.41. The molecule has 29 heavy (non-hydrogen) atoms. The van der Waals surface area contributed by atoms with E-state index < -0.39 is 6.04 Å². The molecule has 0 unspecified atom stereocenters. The standard InChI is InChI=1S/C22H26F2N2O2S/c1-3-12-25-22(28)16(2)26(13-17-4-8-19(23)9-5-17)21(27)15-29-14-18-6-10-20(24)11-7-18/h4-11,16H,3,12-15H2,1-2H3,(H,25,28)/t16-/m1/s1. The number of nitrogens with one attached hydrogen (secondary N) is 1. The average Bonchev–Trinajstić information content (AvgIpc) is 2.72. The van der Waals surface area contributed by atoms with Crippen LogP contribution in [0.3, 0.4) is 0 Å². The summed E-state index contributed by atoms with van der Waals surface area (Å²) in [4.78, 5) is 26.8. The van der Waals surface area contributed by atoms with Crippen molar-refractivity contribution >= 4 is 23.6 Å². The lowest BCUT2D eigenvalue weighted by Crippen LogP contribution is -2.48. The molecule has 0 saturated carbocycles. The number of halogens is 2. The quantitative estimate of drug-likeness (QED) is 0.628. The van der Waals surface area contributed by atoms with Crippen LogP contribution in [0.25, 0.3) is 0 Å². The van der Waals surface area contributed by atoms with E-state index in [0.717, 1.165) is 17.5 Å². The molecule has 0 aromatic heterocycles. The third-order valence-electron chi connectivity index (χ3n) is 4.39. The molecule has 2 aromatic rings. The molecule has 0 bridgehead atoms. The molecule has 2 amide bonds. The molecule has 0 aliphatic carbocycles. The first kappa shape index (κ1) is 22.9. The van der Waals surface area contributed by atoms with Gasteiger partial charge in [-0.2, -0.15) is 0 Å². The van der Waals surface area contributed by atoms with Crippen LogP contribution in [0.15, 0.2) is 48.5 Å². The Morgan fingerprint density at radius 3 is 2.10 bits per heavy atom. The maximum Gasteiger partial charge on any atom is 0.242 e. The lowest BCUT2D eigenvalue weighted by atomic mass is 10.1. The number of benzene rings is 2. The Balaban J connectivity index is 2.03. The lowest BCUT2D eigenvalue weighted by molar-refractivity contribution is -0.138. The predicted molar refractivity (Wildman–Crippen MR) is 112 cm³/mol. The number of hydrogen-bond donors (Lipinski definition) is 1. The monoisotopic (exact) mass is 420 g/mol. The van der Waals surface area contributed by atoms with E-state index in [2.05, 4.69) is 5.32 Å². The molecule has 1 atom stereocenters. The van der Waals surface area contributed by atoms with Crippen LogP contribution in [-0.2, 0) is 21.9 Å². The molecule has 0 fully saturated rings. The van der Waals surface area contributed by atoms with Gasteiger partial charge in [-0.15, -0.1) is 11.8 Å². The van der Waals surface area contributed by atoms with Crippen molar-refractivity contribution < 1.29 is 18.4 Å². The van der Waals surface area contributed by atoms with E-state index in [0.29, 0.717) is 12.3 Å². The number of thioether (sulfide) groups is 1. The van der Waals surface area contributed by atoms with E-state index in [4.69, 9.17) is 0 Å². The van der Waals surface area contributed by atoms with Crippen molar-refractivity contribution in [2.75, 3.05) is 12.3 Å². The smallest absolute Gasteiger partial charge is 0.242 e. The van der Waals surface area contributed by atoms with Crippen LogP contribution in [0, 0.1) is 11.6 Å². The lowest BCUT2D eigenvalue weighted by Gasteiger charge is -2.28. The Hall–Kier alpha value is -2.41.